The lowest BCUT2D eigenvalue weighted by atomic mass is 10.1. The molecule has 0 atom stereocenters. The quantitative estimate of drug-likeness (QED) is 0.624. The van der Waals surface area contributed by atoms with E-state index in [1.54, 1.807) is 12.1 Å². The predicted octanol–water partition coefficient (Wildman–Crippen LogP) is 2.57. The zero-order valence-corrected chi connectivity index (χ0v) is 11.1. The molecule has 0 aliphatic carbocycles. The van der Waals surface area contributed by atoms with Crippen molar-refractivity contribution < 1.29 is 10.0 Å². The van der Waals surface area contributed by atoms with Crippen LogP contribution in [0.2, 0.25) is 0 Å². The highest BCUT2D eigenvalue weighted by atomic mass is 16.6. The van der Waals surface area contributed by atoms with Gasteiger partial charge in [-0.05, 0) is 25.0 Å². The minimum absolute atomic E-state index is 0.0261. The normalized spacial score (nSPS) is 10.7. The molecule has 0 unspecified atom stereocenters. The van der Waals surface area contributed by atoms with Crippen molar-refractivity contribution in [2.24, 2.45) is 5.92 Å². The van der Waals surface area contributed by atoms with Gasteiger partial charge in [-0.2, -0.15) is 0 Å². The molecular formula is C13H20N2O3. The molecule has 0 aliphatic heterocycles. The van der Waals surface area contributed by atoms with E-state index in [4.69, 9.17) is 0 Å². The van der Waals surface area contributed by atoms with Gasteiger partial charge in [0.1, 0.15) is 0 Å². The molecule has 100 valence electrons. The van der Waals surface area contributed by atoms with Crippen LogP contribution in [0.15, 0.2) is 18.2 Å². The van der Waals surface area contributed by atoms with Crippen molar-refractivity contribution >= 4 is 11.4 Å². The number of aliphatic hydroxyl groups excluding tert-OH is 1. The van der Waals surface area contributed by atoms with Crippen LogP contribution in [0.4, 0.5) is 11.4 Å². The van der Waals surface area contributed by atoms with E-state index in [-0.39, 0.29) is 12.3 Å². The Morgan fingerprint density at radius 2 is 2.11 bits per heavy atom. The van der Waals surface area contributed by atoms with E-state index in [2.05, 4.69) is 18.7 Å². The minimum Gasteiger partial charge on any atom is -0.391 e. The second-order valence-corrected chi connectivity index (χ2v) is 4.66. The molecule has 0 aromatic heterocycles. The number of hydrogen-bond donors (Lipinski definition) is 1. The number of hydrogen-bond acceptors (Lipinski definition) is 4. The average molecular weight is 252 g/mol. The first-order valence-electron chi connectivity index (χ1n) is 6.12. The Kier molecular flexibility index (Phi) is 5.09. The van der Waals surface area contributed by atoms with Crippen LogP contribution in [0.3, 0.4) is 0 Å². The first-order valence-corrected chi connectivity index (χ1v) is 6.12. The van der Waals surface area contributed by atoms with Gasteiger partial charge in [0, 0.05) is 24.8 Å². The molecule has 18 heavy (non-hydrogen) atoms. The van der Waals surface area contributed by atoms with Gasteiger partial charge in [-0.1, -0.05) is 13.8 Å². The van der Waals surface area contributed by atoms with Gasteiger partial charge in [-0.25, -0.2) is 0 Å². The number of nitrogens with zero attached hydrogens (tertiary/aromatic N) is 2. The van der Waals surface area contributed by atoms with Crippen LogP contribution in [-0.2, 0) is 6.61 Å². The van der Waals surface area contributed by atoms with E-state index in [0.29, 0.717) is 11.5 Å². The summed E-state index contributed by atoms with van der Waals surface area (Å²) in [7, 11) is 0. The molecule has 0 amide bonds. The van der Waals surface area contributed by atoms with Crippen LogP contribution in [0, 0.1) is 16.0 Å². The predicted molar refractivity (Wildman–Crippen MR) is 71.7 cm³/mol. The van der Waals surface area contributed by atoms with Crippen molar-refractivity contribution in [1.29, 1.82) is 0 Å². The monoisotopic (exact) mass is 252 g/mol. The maximum absolute atomic E-state index is 10.8. The number of nitro benzene ring substituents is 1. The van der Waals surface area contributed by atoms with Crippen molar-refractivity contribution in [3.63, 3.8) is 0 Å². The van der Waals surface area contributed by atoms with Crippen molar-refractivity contribution in [2.45, 2.75) is 27.4 Å². The fourth-order valence-corrected chi connectivity index (χ4v) is 1.93. The highest BCUT2D eigenvalue weighted by Crippen LogP contribution is 2.25. The fraction of sp³-hybridized carbons (Fsp3) is 0.538. The molecule has 0 saturated carbocycles. The highest BCUT2D eigenvalue weighted by molar-refractivity contribution is 5.55. The molecule has 1 aromatic carbocycles. The molecule has 0 aliphatic rings. The Hall–Kier alpha value is -1.62. The summed E-state index contributed by atoms with van der Waals surface area (Å²) in [6, 6.07) is 4.90. The maximum atomic E-state index is 10.8. The third-order valence-electron chi connectivity index (χ3n) is 2.76. The third-order valence-corrected chi connectivity index (χ3v) is 2.76. The molecular weight excluding hydrogens is 232 g/mol. The second kappa shape index (κ2) is 6.35. The van der Waals surface area contributed by atoms with Gasteiger partial charge in [-0.15, -0.1) is 0 Å². The summed E-state index contributed by atoms with van der Waals surface area (Å²) < 4.78 is 0. The maximum Gasteiger partial charge on any atom is 0.275 e. The summed E-state index contributed by atoms with van der Waals surface area (Å²) in [4.78, 5) is 12.5. The summed E-state index contributed by atoms with van der Waals surface area (Å²) in [5.41, 5.74) is 1.25. The van der Waals surface area contributed by atoms with Gasteiger partial charge in [0.25, 0.3) is 5.69 Å². The van der Waals surface area contributed by atoms with E-state index >= 15 is 0 Å². The Labute approximate surface area is 107 Å². The first kappa shape index (κ1) is 14.4. The Morgan fingerprint density at radius 1 is 1.44 bits per heavy atom. The first-order chi connectivity index (χ1) is 8.49. The standard InChI is InChI=1S/C13H20N2O3/c1-4-14(8-10(2)3)12-5-6-13(15(17)18)11(7-12)9-16/h5-7,10,16H,4,8-9H2,1-3H3. The van der Waals surface area contributed by atoms with Gasteiger partial charge in [0.05, 0.1) is 17.1 Å². The van der Waals surface area contributed by atoms with E-state index in [9.17, 15) is 15.2 Å². The lowest BCUT2D eigenvalue weighted by molar-refractivity contribution is -0.385. The molecule has 0 spiro atoms. The summed E-state index contributed by atoms with van der Waals surface area (Å²) in [5.74, 6) is 0.512. The summed E-state index contributed by atoms with van der Waals surface area (Å²) in [5, 5.41) is 20.0. The number of anilines is 1. The van der Waals surface area contributed by atoms with Crippen molar-refractivity contribution in [3.8, 4) is 0 Å². The average Bonchev–Trinajstić information content (AvgIpc) is 2.34. The van der Waals surface area contributed by atoms with Crippen LogP contribution in [-0.4, -0.2) is 23.1 Å². The van der Waals surface area contributed by atoms with Gasteiger partial charge in [0.15, 0.2) is 0 Å². The van der Waals surface area contributed by atoms with Gasteiger partial charge < -0.3 is 10.0 Å². The highest BCUT2D eigenvalue weighted by Gasteiger charge is 2.15. The smallest absolute Gasteiger partial charge is 0.275 e. The minimum atomic E-state index is -0.464. The molecule has 5 nitrogen and oxygen atoms in total. The molecule has 0 bridgehead atoms. The molecule has 0 saturated heterocycles. The Balaban J connectivity index is 3.06. The van der Waals surface area contributed by atoms with Crippen molar-refractivity contribution in [1.82, 2.24) is 0 Å². The second-order valence-electron chi connectivity index (χ2n) is 4.66. The summed E-state index contributed by atoms with van der Waals surface area (Å²) in [6.07, 6.45) is 0. The molecule has 1 rings (SSSR count). The van der Waals surface area contributed by atoms with Gasteiger partial charge in [0.2, 0.25) is 0 Å². The fourth-order valence-electron chi connectivity index (χ4n) is 1.93. The van der Waals surface area contributed by atoms with Crippen LogP contribution in [0.1, 0.15) is 26.3 Å². The van der Waals surface area contributed by atoms with Gasteiger partial charge in [-0.3, -0.25) is 10.1 Å². The van der Waals surface area contributed by atoms with Crippen LogP contribution >= 0.6 is 0 Å². The van der Waals surface area contributed by atoms with E-state index in [0.717, 1.165) is 18.8 Å². The molecule has 1 aromatic rings. The van der Waals surface area contributed by atoms with E-state index in [1.165, 1.54) is 6.07 Å². The molecule has 0 heterocycles. The Morgan fingerprint density at radius 3 is 2.56 bits per heavy atom. The molecule has 0 radical (unpaired) electrons. The van der Waals surface area contributed by atoms with Crippen LogP contribution < -0.4 is 4.90 Å². The zero-order valence-electron chi connectivity index (χ0n) is 11.1. The summed E-state index contributed by atoms with van der Waals surface area (Å²) >= 11 is 0. The molecule has 1 N–H and O–H groups in total. The lowest BCUT2D eigenvalue weighted by Crippen LogP contribution is -2.27. The van der Waals surface area contributed by atoms with Crippen LogP contribution in [0.25, 0.3) is 0 Å². The van der Waals surface area contributed by atoms with E-state index in [1.807, 2.05) is 6.92 Å². The van der Waals surface area contributed by atoms with Crippen molar-refractivity contribution in [3.05, 3.63) is 33.9 Å². The van der Waals surface area contributed by atoms with Gasteiger partial charge >= 0.3 is 0 Å². The lowest BCUT2D eigenvalue weighted by Gasteiger charge is -2.25. The SMILES string of the molecule is CCN(CC(C)C)c1ccc([N+](=O)[O-])c(CO)c1. The van der Waals surface area contributed by atoms with Crippen molar-refractivity contribution in [2.75, 3.05) is 18.0 Å². The largest absolute Gasteiger partial charge is 0.391 e. The van der Waals surface area contributed by atoms with E-state index < -0.39 is 4.92 Å². The number of nitro groups is 1. The molecule has 0 fully saturated rings. The Bertz CT molecular complexity index is 419. The summed E-state index contributed by atoms with van der Waals surface area (Å²) in [6.45, 7) is 7.70. The van der Waals surface area contributed by atoms with Crippen LogP contribution in [0.5, 0.6) is 0 Å². The number of benzene rings is 1. The third kappa shape index (κ3) is 3.43. The zero-order chi connectivity index (χ0) is 13.7. The number of rotatable bonds is 6. The topological polar surface area (TPSA) is 66.6 Å². The molecule has 5 heteroatoms. The number of aliphatic hydroxyl groups is 1.